The molecular weight excluding hydrogens is 374 g/mol. The van der Waals surface area contributed by atoms with Gasteiger partial charge in [0, 0.05) is 6.04 Å². The number of carbonyl (C=O) groups is 2. The highest BCUT2D eigenvalue weighted by Gasteiger charge is 2.28. The van der Waals surface area contributed by atoms with Gasteiger partial charge in [-0.1, -0.05) is 26.7 Å². The van der Waals surface area contributed by atoms with Crippen molar-refractivity contribution in [2.75, 3.05) is 13.7 Å². The molecule has 0 saturated heterocycles. The molecule has 0 aliphatic heterocycles. The lowest BCUT2D eigenvalue weighted by molar-refractivity contribution is -0.125. The quantitative estimate of drug-likeness (QED) is 0.771. The molecule has 1 aliphatic carbocycles. The molecule has 5 nitrogen and oxygen atoms in total. The van der Waals surface area contributed by atoms with Crippen molar-refractivity contribution >= 4 is 27.8 Å². The van der Waals surface area contributed by atoms with Crippen LogP contribution < -0.4 is 10.1 Å². The summed E-state index contributed by atoms with van der Waals surface area (Å²) in [5.41, 5.74) is 0.370. The number of methoxy groups -OCH3 is 1. The molecule has 24 heavy (non-hydrogen) atoms. The molecular formula is C18H24BrNO4. The summed E-state index contributed by atoms with van der Waals surface area (Å²) in [5.74, 6) is 0.893. The maximum absolute atomic E-state index is 12.0. The van der Waals surface area contributed by atoms with E-state index in [0.717, 1.165) is 12.8 Å². The number of halogens is 1. The molecule has 1 aliphatic rings. The Bertz CT molecular complexity index is 605. The second-order valence-corrected chi connectivity index (χ2v) is 7.22. The van der Waals surface area contributed by atoms with Crippen LogP contribution in [0.15, 0.2) is 22.7 Å². The lowest BCUT2D eigenvalue weighted by Gasteiger charge is -2.34. The molecule has 0 bridgehead atoms. The summed E-state index contributed by atoms with van der Waals surface area (Å²) < 4.78 is 10.9. The molecule has 3 atom stereocenters. The van der Waals surface area contributed by atoms with Gasteiger partial charge in [0.15, 0.2) is 6.61 Å². The van der Waals surface area contributed by atoms with Gasteiger partial charge < -0.3 is 14.8 Å². The monoisotopic (exact) mass is 397 g/mol. The number of hydrogen-bond acceptors (Lipinski definition) is 4. The smallest absolute Gasteiger partial charge is 0.338 e. The summed E-state index contributed by atoms with van der Waals surface area (Å²) >= 11 is 3.32. The number of rotatable bonds is 5. The summed E-state index contributed by atoms with van der Waals surface area (Å²) in [6.07, 6.45) is 3.31. The Balaban J connectivity index is 1.85. The van der Waals surface area contributed by atoms with Crippen molar-refractivity contribution in [2.24, 2.45) is 11.8 Å². The van der Waals surface area contributed by atoms with E-state index in [1.807, 2.05) is 0 Å². The van der Waals surface area contributed by atoms with Crippen LogP contribution in [-0.2, 0) is 9.53 Å². The van der Waals surface area contributed by atoms with Gasteiger partial charge in [-0.25, -0.2) is 4.79 Å². The molecule has 1 aromatic rings. The van der Waals surface area contributed by atoms with Crippen LogP contribution in [0.2, 0.25) is 0 Å². The predicted octanol–water partition coefficient (Wildman–Crippen LogP) is 3.56. The number of ether oxygens (including phenoxy) is 2. The molecule has 1 fully saturated rings. The zero-order valence-corrected chi connectivity index (χ0v) is 15.9. The van der Waals surface area contributed by atoms with Crippen molar-refractivity contribution in [3.8, 4) is 5.75 Å². The van der Waals surface area contributed by atoms with Gasteiger partial charge in [0.2, 0.25) is 0 Å². The van der Waals surface area contributed by atoms with E-state index in [0.29, 0.717) is 27.6 Å². The van der Waals surface area contributed by atoms with Gasteiger partial charge in [-0.3, -0.25) is 4.79 Å². The van der Waals surface area contributed by atoms with E-state index in [9.17, 15) is 9.59 Å². The third-order valence-electron chi connectivity index (χ3n) is 4.78. The van der Waals surface area contributed by atoms with E-state index in [-0.39, 0.29) is 18.6 Å². The predicted molar refractivity (Wildman–Crippen MR) is 95.1 cm³/mol. The Hall–Kier alpha value is -1.56. The van der Waals surface area contributed by atoms with Crippen LogP contribution in [0.3, 0.4) is 0 Å². The van der Waals surface area contributed by atoms with Gasteiger partial charge >= 0.3 is 5.97 Å². The van der Waals surface area contributed by atoms with E-state index in [1.165, 1.54) is 6.42 Å². The lowest BCUT2D eigenvalue weighted by atomic mass is 9.78. The first kappa shape index (κ1) is 18.8. The molecule has 0 unspecified atom stereocenters. The lowest BCUT2D eigenvalue weighted by Crippen LogP contribution is -2.45. The molecule has 132 valence electrons. The van der Waals surface area contributed by atoms with Gasteiger partial charge in [0.1, 0.15) is 5.75 Å². The van der Waals surface area contributed by atoms with Gasteiger partial charge in [0.25, 0.3) is 5.91 Å². The highest BCUT2D eigenvalue weighted by atomic mass is 79.9. The molecule has 0 radical (unpaired) electrons. The molecule has 0 aromatic heterocycles. The second-order valence-electron chi connectivity index (χ2n) is 6.37. The number of carbonyl (C=O) groups excluding carboxylic acids is 2. The molecule has 1 N–H and O–H groups in total. The molecule has 0 heterocycles. The number of esters is 1. The van der Waals surface area contributed by atoms with Crippen molar-refractivity contribution in [1.82, 2.24) is 5.32 Å². The first-order valence-electron chi connectivity index (χ1n) is 8.22. The summed E-state index contributed by atoms with van der Waals surface area (Å²) in [7, 11) is 1.55. The SMILES string of the molecule is COc1ccc(C(=O)OCC(=O)N[C@H]2CCC[C@H](C)[C@H]2C)cc1Br. The molecule has 2 rings (SSSR count). The van der Waals surface area contributed by atoms with E-state index in [2.05, 4.69) is 35.1 Å². The second kappa shape index (κ2) is 8.51. The van der Waals surface area contributed by atoms with Gasteiger partial charge in [0.05, 0.1) is 17.1 Å². The maximum atomic E-state index is 12.0. The first-order valence-corrected chi connectivity index (χ1v) is 9.01. The summed E-state index contributed by atoms with van der Waals surface area (Å²) in [6, 6.07) is 5.06. The van der Waals surface area contributed by atoms with E-state index in [4.69, 9.17) is 9.47 Å². The zero-order valence-electron chi connectivity index (χ0n) is 14.3. The summed E-state index contributed by atoms with van der Waals surface area (Å²) in [6.45, 7) is 4.11. The van der Waals surface area contributed by atoms with Gasteiger partial charge in [-0.15, -0.1) is 0 Å². The summed E-state index contributed by atoms with van der Waals surface area (Å²) in [4.78, 5) is 24.1. The van der Waals surface area contributed by atoms with E-state index < -0.39 is 5.97 Å². The highest BCUT2D eigenvalue weighted by molar-refractivity contribution is 9.10. The Morgan fingerprint density at radius 3 is 2.71 bits per heavy atom. The van der Waals surface area contributed by atoms with Crippen LogP contribution >= 0.6 is 15.9 Å². The van der Waals surface area contributed by atoms with Crippen LogP contribution in [0.5, 0.6) is 5.75 Å². The van der Waals surface area contributed by atoms with E-state index >= 15 is 0 Å². The van der Waals surface area contributed by atoms with Gasteiger partial charge in [-0.05, 0) is 52.4 Å². The Morgan fingerprint density at radius 1 is 1.29 bits per heavy atom. The largest absolute Gasteiger partial charge is 0.496 e. The fourth-order valence-electron chi connectivity index (χ4n) is 3.04. The number of benzene rings is 1. The highest BCUT2D eigenvalue weighted by Crippen LogP contribution is 2.29. The minimum Gasteiger partial charge on any atom is -0.496 e. The van der Waals surface area contributed by atoms with Crippen LogP contribution in [0, 0.1) is 11.8 Å². The number of amides is 1. The molecule has 0 spiro atoms. The topological polar surface area (TPSA) is 64.6 Å². The van der Waals surface area contributed by atoms with Gasteiger partial charge in [-0.2, -0.15) is 0 Å². The number of hydrogen-bond donors (Lipinski definition) is 1. The average molecular weight is 398 g/mol. The van der Waals surface area contributed by atoms with Crippen LogP contribution in [0.1, 0.15) is 43.5 Å². The summed E-state index contributed by atoms with van der Waals surface area (Å²) in [5, 5.41) is 2.99. The Kier molecular flexibility index (Phi) is 6.66. The molecule has 1 aromatic carbocycles. The van der Waals surface area contributed by atoms with Crippen molar-refractivity contribution in [3.05, 3.63) is 28.2 Å². The normalized spacial score (nSPS) is 23.4. The number of nitrogens with one attached hydrogen (secondary N) is 1. The van der Waals surface area contributed by atoms with Crippen molar-refractivity contribution in [1.29, 1.82) is 0 Å². The Labute approximate surface area is 151 Å². The van der Waals surface area contributed by atoms with Crippen molar-refractivity contribution in [3.63, 3.8) is 0 Å². The van der Waals surface area contributed by atoms with Crippen LogP contribution in [-0.4, -0.2) is 31.6 Å². The zero-order chi connectivity index (χ0) is 17.7. The Morgan fingerprint density at radius 2 is 2.04 bits per heavy atom. The molecule has 1 amide bonds. The fourth-order valence-corrected chi connectivity index (χ4v) is 3.58. The molecule has 6 heteroatoms. The third kappa shape index (κ3) is 4.72. The first-order chi connectivity index (χ1) is 11.4. The standard InChI is InChI=1S/C18H24BrNO4/c1-11-5-4-6-15(12(11)2)20-17(21)10-24-18(22)13-7-8-16(23-3)14(19)9-13/h7-9,11-12,15H,4-6,10H2,1-3H3,(H,20,21)/t11-,12+,15-/m0/s1. The maximum Gasteiger partial charge on any atom is 0.338 e. The van der Waals surface area contributed by atoms with Crippen molar-refractivity contribution in [2.45, 2.75) is 39.2 Å². The van der Waals surface area contributed by atoms with Crippen LogP contribution in [0.4, 0.5) is 0 Å². The van der Waals surface area contributed by atoms with Crippen LogP contribution in [0.25, 0.3) is 0 Å². The fraction of sp³-hybridized carbons (Fsp3) is 0.556. The molecule has 1 saturated carbocycles. The van der Waals surface area contributed by atoms with Crippen molar-refractivity contribution < 1.29 is 19.1 Å². The average Bonchev–Trinajstić information content (AvgIpc) is 2.56. The minimum absolute atomic E-state index is 0.162. The third-order valence-corrected chi connectivity index (χ3v) is 5.39. The minimum atomic E-state index is -0.529. The van der Waals surface area contributed by atoms with E-state index in [1.54, 1.807) is 25.3 Å².